The van der Waals surface area contributed by atoms with Crippen LogP contribution in [0.4, 0.5) is 15.8 Å². The molecule has 0 atom stereocenters. The Hall–Kier alpha value is -2.36. The molecule has 19 heavy (non-hydrogen) atoms. The number of nitrogens with two attached hydrogens (primary N) is 1. The zero-order valence-corrected chi connectivity index (χ0v) is 10.8. The van der Waals surface area contributed by atoms with Gasteiger partial charge in [-0.25, -0.2) is 4.39 Å². The topological polar surface area (TPSA) is 55.1 Å². The molecule has 3 nitrogen and oxygen atoms in total. The van der Waals surface area contributed by atoms with E-state index in [9.17, 15) is 9.18 Å². The molecule has 2 aromatic carbocycles. The molecule has 0 unspecified atom stereocenters. The molecule has 0 saturated heterocycles. The van der Waals surface area contributed by atoms with Gasteiger partial charge in [0.15, 0.2) is 0 Å². The van der Waals surface area contributed by atoms with Crippen LogP contribution in [-0.2, 0) is 0 Å². The van der Waals surface area contributed by atoms with Crippen LogP contribution in [0.25, 0.3) is 0 Å². The average molecular weight is 258 g/mol. The number of aryl methyl sites for hydroxylation is 1. The van der Waals surface area contributed by atoms with Crippen molar-refractivity contribution in [1.82, 2.24) is 0 Å². The van der Waals surface area contributed by atoms with E-state index in [-0.39, 0.29) is 11.7 Å². The van der Waals surface area contributed by atoms with Gasteiger partial charge in [-0.2, -0.15) is 0 Å². The predicted octanol–water partition coefficient (Wildman–Crippen LogP) is 3.28. The van der Waals surface area contributed by atoms with Gasteiger partial charge in [0.05, 0.1) is 0 Å². The standard InChI is InChI=1S/C15H15FN2O/c1-9-8-11(16)6-7-12(9)15(19)18-14-5-3-4-13(17)10(14)2/h3-8H,17H2,1-2H3,(H,18,19). The smallest absolute Gasteiger partial charge is 0.255 e. The third kappa shape index (κ3) is 2.73. The highest BCUT2D eigenvalue weighted by molar-refractivity contribution is 6.05. The van der Waals surface area contributed by atoms with E-state index in [1.807, 2.05) is 6.92 Å². The Morgan fingerprint density at radius 3 is 2.63 bits per heavy atom. The van der Waals surface area contributed by atoms with Gasteiger partial charge in [0.25, 0.3) is 5.91 Å². The number of nitrogen functional groups attached to an aromatic ring is 1. The van der Waals surface area contributed by atoms with Gasteiger partial charge in [-0.05, 0) is 55.3 Å². The minimum atomic E-state index is -0.353. The van der Waals surface area contributed by atoms with Gasteiger partial charge in [0.1, 0.15) is 5.82 Å². The lowest BCUT2D eigenvalue weighted by atomic mass is 10.1. The highest BCUT2D eigenvalue weighted by atomic mass is 19.1. The van der Waals surface area contributed by atoms with Crippen LogP contribution in [-0.4, -0.2) is 5.91 Å². The first-order valence-electron chi connectivity index (χ1n) is 5.91. The van der Waals surface area contributed by atoms with Gasteiger partial charge in [-0.3, -0.25) is 4.79 Å². The highest BCUT2D eigenvalue weighted by Gasteiger charge is 2.11. The lowest BCUT2D eigenvalue weighted by Gasteiger charge is -2.11. The number of nitrogens with one attached hydrogen (secondary N) is 1. The van der Waals surface area contributed by atoms with Crippen molar-refractivity contribution < 1.29 is 9.18 Å². The first-order valence-corrected chi connectivity index (χ1v) is 5.91. The third-order valence-corrected chi connectivity index (χ3v) is 3.06. The lowest BCUT2D eigenvalue weighted by molar-refractivity contribution is 0.102. The second kappa shape index (κ2) is 5.10. The molecule has 4 heteroatoms. The van der Waals surface area contributed by atoms with Crippen molar-refractivity contribution in [2.24, 2.45) is 0 Å². The fraction of sp³-hybridized carbons (Fsp3) is 0.133. The van der Waals surface area contributed by atoms with Crippen LogP contribution in [0.5, 0.6) is 0 Å². The summed E-state index contributed by atoms with van der Waals surface area (Å²) in [5, 5.41) is 2.79. The second-order valence-corrected chi connectivity index (χ2v) is 4.43. The summed E-state index contributed by atoms with van der Waals surface area (Å²) in [6.45, 7) is 3.53. The first-order chi connectivity index (χ1) is 8.99. The van der Waals surface area contributed by atoms with Crippen LogP contribution < -0.4 is 11.1 Å². The maximum Gasteiger partial charge on any atom is 0.255 e. The van der Waals surface area contributed by atoms with Gasteiger partial charge in [0.2, 0.25) is 0 Å². The summed E-state index contributed by atoms with van der Waals surface area (Å²) >= 11 is 0. The molecule has 0 radical (unpaired) electrons. The molecule has 0 saturated carbocycles. The molecule has 0 aliphatic carbocycles. The summed E-state index contributed by atoms with van der Waals surface area (Å²) in [7, 11) is 0. The average Bonchev–Trinajstić information content (AvgIpc) is 2.34. The monoisotopic (exact) mass is 258 g/mol. The van der Waals surface area contributed by atoms with Crippen LogP contribution >= 0.6 is 0 Å². The number of rotatable bonds is 2. The van der Waals surface area contributed by atoms with E-state index in [0.29, 0.717) is 22.5 Å². The van der Waals surface area contributed by atoms with E-state index < -0.39 is 0 Å². The number of anilines is 2. The maximum absolute atomic E-state index is 13.0. The fourth-order valence-electron chi connectivity index (χ4n) is 1.86. The van der Waals surface area contributed by atoms with Gasteiger partial charge < -0.3 is 11.1 Å². The predicted molar refractivity (Wildman–Crippen MR) is 74.7 cm³/mol. The van der Waals surface area contributed by atoms with Crippen LogP contribution in [0.2, 0.25) is 0 Å². The summed E-state index contributed by atoms with van der Waals surface area (Å²) in [5.74, 6) is -0.625. The molecule has 0 aliphatic heterocycles. The lowest BCUT2D eigenvalue weighted by Crippen LogP contribution is -2.14. The molecule has 0 bridgehead atoms. The molecule has 98 valence electrons. The quantitative estimate of drug-likeness (QED) is 0.812. The molecular formula is C15H15FN2O. The van der Waals surface area contributed by atoms with Crippen molar-refractivity contribution >= 4 is 17.3 Å². The summed E-state index contributed by atoms with van der Waals surface area (Å²) in [6.07, 6.45) is 0. The second-order valence-electron chi connectivity index (χ2n) is 4.43. The zero-order valence-electron chi connectivity index (χ0n) is 10.8. The largest absolute Gasteiger partial charge is 0.398 e. The Bertz CT molecular complexity index is 638. The molecular weight excluding hydrogens is 243 g/mol. The molecule has 3 N–H and O–H groups in total. The SMILES string of the molecule is Cc1cc(F)ccc1C(=O)Nc1cccc(N)c1C. The Kier molecular flexibility index (Phi) is 3.51. The number of hydrogen-bond acceptors (Lipinski definition) is 2. The molecule has 0 fully saturated rings. The van der Waals surface area contributed by atoms with Crippen molar-refractivity contribution in [2.75, 3.05) is 11.1 Å². The molecule has 0 aromatic heterocycles. The Morgan fingerprint density at radius 1 is 1.21 bits per heavy atom. The van der Waals surface area contributed by atoms with Crippen molar-refractivity contribution in [1.29, 1.82) is 0 Å². The van der Waals surface area contributed by atoms with Crippen molar-refractivity contribution in [3.63, 3.8) is 0 Å². The number of carbonyl (C=O) groups is 1. The Labute approximate surface area is 111 Å². The van der Waals surface area contributed by atoms with E-state index >= 15 is 0 Å². The molecule has 1 amide bonds. The number of carbonyl (C=O) groups excluding carboxylic acids is 1. The normalized spacial score (nSPS) is 10.3. The molecule has 0 spiro atoms. The van der Waals surface area contributed by atoms with Gasteiger partial charge in [0, 0.05) is 16.9 Å². The summed E-state index contributed by atoms with van der Waals surface area (Å²) in [6, 6.07) is 9.41. The van der Waals surface area contributed by atoms with E-state index in [4.69, 9.17) is 5.73 Å². The minimum absolute atomic E-state index is 0.272. The number of hydrogen-bond donors (Lipinski definition) is 2. The molecule has 2 aromatic rings. The molecule has 0 aliphatic rings. The number of halogens is 1. The van der Waals surface area contributed by atoms with E-state index in [1.165, 1.54) is 18.2 Å². The maximum atomic E-state index is 13.0. The highest BCUT2D eigenvalue weighted by Crippen LogP contribution is 2.21. The van der Waals surface area contributed by atoms with Crippen molar-refractivity contribution in [3.8, 4) is 0 Å². The first kappa shape index (κ1) is 13.1. The van der Waals surface area contributed by atoms with Crippen LogP contribution in [0, 0.1) is 19.7 Å². The minimum Gasteiger partial charge on any atom is -0.398 e. The van der Waals surface area contributed by atoms with Gasteiger partial charge in [-0.1, -0.05) is 6.07 Å². The third-order valence-electron chi connectivity index (χ3n) is 3.06. The summed E-state index contributed by atoms with van der Waals surface area (Å²) in [4.78, 5) is 12.1. The Balaban J connectivity index is 2.28. The summed E-state index contributed by atoms with van der Waals surface area (Å²) < 4.78 is 13.0. The number of benzene rings is 2. The zero-order chi connectivity index (χ0) is 14.0. The van der Waals surface area contributed by atoms with Crippen molar-refractivity contribution in [2.45, 2.75) is 13.8 Å². The number of amides is 1. The molecule has 2 rings (SSSR count). The van der Waals surface area contributed by atoms with E-state index in [2.05, 4.69) is 5.32 Å². The van der Waals surface area contributed by atoms with Crippen molar-refractivity contribution in [3.05, 3.63) is 58.9 Å². The fourth-order valence-corrected chi connectivity index (χ4v) is 1.86. The van der Waals surface area contributed by atoms with E-state index in [1.54, 1.807) is 25.1 Å². The van der Waals surface area contributed by atoms with Gasteiger partial charge >= 0.3 is 0 Å². The Morgan fingerprint density at radius 2 is 1.95 bits per heavy atom. The summed E-state index contributed by atoms with van der Waals surface area (Å²) in [5.41, 5.74) is 8.92. The van der Waals surface area contributed by atoms with Crippen LogP contribution in [0.3, 0.4) is 0 Å². The van der Waals surface area contributed by atoms with Gasteiger partial charge in [-0.15, -0.1) is 0 Å². The van der Waals surface area contributed by atoms with Crippen LogP contribution in [0.1, 0.15) is 21.5 Å². The molecule has 0 heterocycles. The van der Waals surface area contributed by atoms with Crippen LogP contribution in [0.15, 0.2) is 36.4 Å². The van der Waals surface area contributed by atoms with E-state index in [0.717, 1.165) is 5.56 Å².